The summed E-state index contributed by atoms with van der Waals surface area (Å²) in [5.74, 6) is 1.21. The van der Waals surface area contributed by atoms with Crippen molar-refractivity contribution in [3.05, 3.63) is 85.5 Å². The molecule has 0 saturated carbocycles. The Hall–Kier alpha value is -3.18. The first-order chi connectivity index (χ1) is 16.5. The average molecular weight is 573 g/mol. The molecule has 176 valence electrons. The Morgan fingerprint density at radius 1 is 1.12 bits per heavy atom. The summed E-state index contributed by atoms with van der Waals surface area (Å²) in [4.78, 5) is 17.3. The number of hydrogen-bond donors (Lipinski definition) is 0. The van der Waals surface area contributed by atoms with Crippen molar-refractivity contribution in [3.63, 3.8) is 0 Å². The monoisotopic (exact) mass is 573 g/mol. The molecular weight excluding hydrogens is 549 g/mol. The third-order valence-corrected chi connectivity index (χ3v) is 6.17. The third kappa shape index (κ3) is 6.03. The van der Waals surface area contributed by atoms with Crippen molar-refractivity contribution in [2.45, 2.75) is 6.61 Å². The normalized spacial score (nSPS) is 13.8. The van der Waals surface area contributed by atoms with Crippen molar-refractivity contribution in [1.82, 2.24) is 0 Å². The van der Waals surface area contributed by atoms with Gasteiger partial charge < -0.3 is 19.1 Å². The molecule has 4 rings (SSSR count). The predicted molar refractivity (Wildman–Crippen MR) is 140 cm³/mol. The lowest BCUT2D eigenvalue weighted by Gasteiger charge is -2.28. The molecule has 8 nitrogen and oxygen atoms in total. The number of benzene rings is 3. The molecule has 1 fully saturated rings. The zero-order valence-corrected chi connectivity index (χ0v) is 20.8. The lowest BCUT2D eigenvalue weighted by Crippen LogP contribution is -2.36. The molecular formula is C25H24IN3O5. The molecule has 0 atom stereocenters. The number of halogens is 1. The number of anilines is 1. The summed E-state index contributed by atoms with van der Waals surface area (Å²) in [6.45, 7) is 3.59. The quantitative estimate of drug-likeness (QED) is 0.156. The van der Waals surface area contributed by atoms with Gasteiger partial charge in [0.2, 0.25) is 0 Å². The molecule has 9 heteroatoms. The van der Waals surface area contributed by atoms with Gasteiger partial charge in [0.05, 0.1) is 34.5 Å². The Bertz CT molecular complexity index is 1160. The van der Waals surface area contributed by atoms with Gasteiger partial charge in [0, 0.05) is 37.1 Å². The Labute approximate surface area is 211 Å². The molecule has 1 aliphatic heterocycles. The highest BCUT2D eigenvalue weighted by molar-refractivity contribution is 14.1. The molecule has 0 aromatic heterocycles. The van der Waals surface area contributed by atoms with E-state index >= 15 is 0 Å². The van der Waals surface area contributed by atoms with Crippen molar-refractivity contribution in [2.24, 2.45) is 4.99 Å². The second-order valence-corrected chi connectivity index (χ2v) is 8.78. The number of morpholine rings is 1. The molecule has 3 aromatic carbocycles. The Balaban J connectivity index is 1.43. The Morgan fingerprint density at radius 3 is 2.47 bits per heavy atom. The number of rotatable bonds is 8. The van der Waals surface area contributed by atoms with Crippen LogP contribution in [0.4, 0.5) is 17.1 Å². The summed E-state index contributed by atoms with van der Waals surface area (Å²) in [5.41, 5.74) is 3.81. The zero-order valence-electron chi connectivity index (χ0n) is 18.6. The maximum atomic E-state index is 10.8. The van der Waals surface area contributed by atoms with Gasteiger partial charge in [0.1, 0.15) is 6.61 Å². The first-order valence-electron chi connectivity index (χ1n) is 10.7. The topological polar surface area (TPSA) is 86.4 Å². The van der Waals surface area contributed by atoms with Crippen LogP contribution in [0.25, 0.3) is 0 Å². The van der Waals surface area contributed by atoms with Crippen LogP contribution in [0.3, 0.4) is 0 Å². The molecule has 1 heterocycles. The van der Waals surface area contributed by atoms with Crippen molar-refractivity contribution in [1.29, 1.82) is 0 Å². The zero-order chi connectivity index (χ0) is 23.9. The molecule has 0 amide bonds. The van der Waals surface area contributed by atoms with E-state index in [4.69, 9.17) is 14.2 Å². The van der Waals surface area contributed by atoms with E-state index in [1.54, 1.807) is 25.5 Å². The number of nitrogens with zero attached hydrogens (tertiary/aromatic N) is 3. The van der Waals surface area contributed by atoms with E-state index < -0.39 is 4.92 Å². The second kappa shape index (κ2) is 11.3. The van der Waals surface area contributed by atoms with Gasteiger partial charge in [-0.2, -0.15) is 0 Å². The average Bonchev–Trinajstić information content (AvgIpc) is 2.87. The fraction of sp³-hybridized carbons (Fsp3) is 0.240. The molecule has 0 bridgehead atoms. The van der Waals surface area contributed by atoms with Crippen LogP contribution in [-0.4, -0.2) is 44.6 Å². The predicted octanol–water partition coefficient (Wildman–Crippen LogP) is 5.37. The standard InChI is InChI=1S/C25H24IN3O5/c1-32-24-15-19(16-27-20-4-8-21(9-5-20)28-10-12-33-13-11-28)14-23(26)25(24)34-17-18-2-6-22(7-3-18)29(30)31/h2-9,14-16H,10-13,17H2,1H3. The Morgan fingerprint density at radius 2 is 1.82 bits per heavy atom. The van der Waals surface area contributed by atoms with E-state index in [2.05, 4.69) is 44.6 Å². The van der Waals surface area contributed by atoms with Crippen LogP contribution in [0, 0.1) is 13.7 Å². The summed E-state index contributed by atoms with van der Waals surface area (Å²) < 4.78 is 17.8. The van der Waals surface area contributed by atoms with E-state index in [1.165, 1.54) is 17.8 Å². The number of ether oxygens (including phenoxy) is 3. The molecule has 0 radical (unpaired) electrons. The Kier molecular flexibility index (Phi) is 7.96. The van der Waals surface area contributed by atoms with Crippen LogP contribution in [0.15, 0.2) is 65.7 Å². The number of nitro benzene ring substituents is 1. The van der Waals surface area contributed by atoms with Crippen molar-refractivity contribution in [2.75, 3.05) is 38.3 Å². The summed E-state index contributed by atoms with van der Waals surface area (Å²) in [6.07, 6.45) is 1.80. The number of aliphatic imine (C=N–C) groups is 1. The molecule has 0 spiro atoms. The van der Waals surface area contributed by atoms with Crippen LogP contribution in [-0.2, 0) is 11.3 Å². The summed E-state index contributed by atoms with van der Waals surface area (Å²) in [5, 5.41) is 10.8. The molecule has 1 saturated heterocycles. The van der Waals surface area contributed by atoms with Gasteiger partial charge >= 0.3 is 0 Å². The minimum Gasteiger partial charge on any atom is -0.493 e. The van der Waals surface area contributed by atoms with Gasteiger partial charge in [-0.1, -0.05) is 0 Å². The summed E-state index contributed by atoms with van der Waals surface area (Å²) >= 11 is 2.20. The highest BCUT2D eigenvalue weighted by Crippen LogP contribution is 2.34. The maximum absolute atomic E-state index is 10.8. The van der Waals surface area contributed by atoms with E-state index in [9.17, 15) is 10.1 Å². The number of nitro groups is 1. The van der Waals surface area contributed by atoms with Crippen LogP contribution < -0.4 is 14.4 Å². The van der Waals surface area contributed by atoms with E-state index in [0.717, 1.165) is 46.7 Å². The second-order valence-electron chi connectivity index (χ2n) is 7.62. The first-order valence-corrected chi connectivity index (χ1v) is 11.8. The maximum Gasteiger partial charge on any atom is 0.269 e. The van der Waals surface area contributed by atoms with Crippen molar-refractivity contribution >= 4 is 45.9 Å². The SMILES string of the molecule is COc1cc(C=Nc2ccc(N3CCOCC3)cc2)cc(I)c1OCc1ccc([N+](=O)[O-])cc1. The molecule has 0 aliphatic carbocycles. The largest absolute Gasteiger partial charge is 0.493 e. The fourth-order valence-corrected chi connectivity index (χ4v) is 4.33. The highest BCUT2D eigenvalue weighted by Gasteiger charge is 2.13. The third-order valence-electron chi connectivity index (χ3n) is 5.37. The minimum atomic E-state index is -0.421. The molecule has 1 aliphatic rings. The molecule has 0 N–H and O–H groups in total. The minimum absolute atomic E-state index is 0.0512. The van der Waals surface area contributed by atoms with E-state index in [1.807, 2.05) is 24.3 Å². The lowest BCUT2D eigenvalue weighted by atomic mass is 10.2. The number of hydrogen-bond acceptors (Lipinski definition) is 7. The summed E-state index contributed by atoms with van der Waals surface area (Å²) in [7, 11) is 1.59. The van der Waals surface area contributed by atoms with Crippen LogP contribution in [0.2, 0.25) is 0 Å². The van der Waals surface area contributed by atoms with Crippen LogP contribution >= 0.6 is 22.6 Å². The lowest BCUT2D eigenvalue weighted by molar-refractivity contribution is -0.384. The number of non-ortho nitro benzene ring substituents is 1. The van der Waals surface area contributed by atoms with Gasteiger partial charge in [-0.25, -0.2) is 0 Å². The van der Waals surface area contributed by atoms with Gasteiger partial charge in [-0.05, 0) is 82.2 Å². The van der Waals surface area contributed by atoms with Crippen LogP contribution in [0.1, 0.15) is 11.1 Å². The summed E-state index contributed by atoms with van der Waals surface area (Å²) in [6, 6.07) is 18.3. The van der Waals surface area contributed by atoms with Gasteiger partial charge in [0.25, 0.3) is 5.69 Å². The van der Waals surface area contributed by atoms with Crippen molar-refractivity contribution < 1.29 is 19.1 Å². The molecule has 0 unspecified atom stereocenters. The fourth-order valence-electron chi connectivity index (χ4n) is 3.54. The molecule has 34 heavy (non-hydrogen) atoms. The first kappa shape index (κ1) is 24.0. The van der Waals surface area contributed by atoms with Crippen LogP contribution in [0.5, 0.6) is 11.5 Å². The smallest absolute Gasteiger partial charge is 0.269 e. The van der Waals surface area contributed by atoms with Gasteiger partial charge in [-0.15, -0.1) is 0 Å². The van der Waals surface area contributed by atoms with Crippen molar-refractivity contribution in [3.8, 4) is 11.5 Å². The van der Waals surface area contributed by atoms with Gasteiger partial charge in [0.15, 0.2) is 11.5 Å². The van der Waals surface area contributed by atoms with E-state index in [-0.39, 0.29) is 12.3 Å². The molecule has 3 aromatic rings. The van der Waals surface area contributed by atoms with Gasteiger partial charge in [-0.3, -0.25) is 15.1 Å². The highest BCUT2D eigenvalue weighted by atomic mass is 127. The van der Waals surface area contributed by atoms with E-state index in [0.29, 0.717) is 11.5 Å². The number of methoxy groups -OCH3 is 1.